The number of rotatable bonds is 3. The molecule has 0 atom stereocenters. The molecule has 9 heteroatoms. The highest BCUT2D eigenvalue weighted by Gasteiger charge is 2.26. The Labute approximate surface area is 177 Å². The van der Waals surface area contributed by atoms with Gasteiger partial charge in [-0.1, -0.05) is 18.2 Å². The Bertz CT molecular complexity index is 995. The van der Waals surface area contributed by atoms with E-state index in [-0.39, 0.29) is 36.2 Å². The van der Waals surface area contributed by atoms with Gasteiger partial charge < -0.3 is 10.2 Å². The van der Waals surface area contributed by atoms with E-state index < -0.39 is 10.0 Å². The molecule has 30 heavy (non-hydrogen) atoms. The van der Waals surface area contributed by atoms with Crippen LogP contribution in [0.25, 0.3) is 0 Å². The number of carbonyl (C=O) groups is 2. The van der Waals surface area contributed by atoms with Gasteiger partial charge >= 0.3 is 0 Å². The van der Waals surface area contributed by atoms with Gasteiger partial charge in [-0.15, -0.1) is 0 Å². The minimum atomic E-state index is -3.72. The Morgan fingerprint density at radius 2 is 1.83 bits per heavy atom. The zero-order valence-corrected chi connectivity index (χ0v) is 17.8. The molecule has 160 valence electrons. The van der Waals surface area contributed by atoms with Crippen molar-refractivity contribution >= 4 is 21.8 Å². The molecule has 2 amide bonds. The molecular formula is C21H26N4O4S. The van der Waals surface area contributed by atoms with Gasteiger partial charge in [-0.25, -0.2) is 8.42 Å². The molecule has 0 spiro atoms. The van der Waals surface area contributed by atoms with Crippen LogP contribution in [0.5, 0.6) is 0 Å². The highest BCUT2D eigenvalue weighted by Crippen LogP contribution is 2.17. The van der Waals surface area contributed by atoms with Gasteiger partial charge in [0.15, 0.2) is 0 Å². The van der Waals surface area contributed by atoms with Crippen LogP contribution >= 0.6 is 0 Å². The number of sulfonamides is 1. The molecule has 2 aromatic rings. The maximum absolute atomic E-state index is 13.0. The van der Waals surface area contributed by atoms with Crippen molar-refractivity contribution in [3.63, 3.8) is 0 Å². The van der Waals surface area contributed by atoms with Gasteiger partial charge in [0.2, 0.25) is 15.9 Å². The fourth-order valence-electron chi connectivity index (χ4n) is 3.35. The number of hydrogen-bond donors (Lipinski definition) is 1. The third-order valence-electron chi connectivity index (χ3n) is 5.07. The summed E-state index contributed by atoms with van der Waals surface area (Å²) >= 11 is 0. The van der Waals surface area contributed by atoms with Crippen molar-refractivity contribution in [2.75, 3.05) is 32.7 Å². The maximum atomic E-state index is 13.0. The highest BCUT2D eigenvalue weighted by molar-refractivity contribution is 7.89. The molecule has 8 nitrogen and oxygen atoms in total. The largest absolute Gasteiger partial charge is 0.354 e. The molecular weight excluding hydrogens is 404 g/mol. The van der Waals surface area contributed by atoms with Crippen LogP contribution in [0.3, 0.4) is 0 Å². The topological polar surface area (TPSA) is 99.7 Å². The Balaban J connectivity index is 1.79. The Morgan fingerprint density at radius 3 is 2.57 bits per heavy atom. The number of nitrogens with zero attached hydrogens (tertiary/aromatic N) is 3. The molecule has 0 saturated carbocycles. The molecule has 1 N–H and O–H groups in total. The van der Waals surface area contributed by atoms with Crippen LogP contribution in [0.2, 0.25) is 0 Å². The molecule has 1 aliphatic heterocycles. The SMILES string of the molecule is Cc1ccncc1C(=O)N1CCCN(S(=O)(=O)c2ccccc2)CCC(=O)NCC1. The molecule has 1 aliphatic rings. The summed E-state index contributed by atoms with van der Waals surface area (Å²) in [5.41, 5.74) is 1.33. The number of nitrogens with one attached hydrogen (secondary N) is 1. The standard InChI is InChI=1S/C21H26N4O4S/c1-17-8-10-22-16-19(17)21(27)24-12-5-13-25(14-9-20(26)23-11-15-24)30(28,29)18-6-3-2-4-7-18/h2-4,6-8,10,16H,5,9,11-15H2,1H3,(H,23,26). The number of amides is 2. The van der Waals surface area contributed by atoms with Crippen LogP contribution in [0.1, 0.15) is 28.8 Å². The monoisotopic (exact) mass is 430 g/mol. The predicted molar refractivity (Wildman–Crippen MR) is 112 cm³/mol. The number of aromatic nitrogens is 1. The molecule has 0 aliphatic carbocycles. The fourth-order valence-corrected chi connectivity index (χ4v) is 4.85. The first kappa shape index (κ1) is 21.9. The second kappa shape index (κ2) is 9.82. The summed E-state index contributed by atoms with van der Waals surface area (Å²) in [5, 5.41) is 2.77. The number of aryl methyl sites for hydroxylation is 1. The van der Waals surface area contributed by atoms with Crippen LogP contribution in [0.4, 0.5) is 0 Å². The van der Waals surface area contributed by atoms with Crippen molar-refractivity contribution < 1.29 is 18.0 Å². The molecule has 0 radical (unpaired) electrons. The zero-order chi connectivity index (χ0) is 21.6. The minimum absolute atomic E-state index is 0.0712. The molecule has 2 heterocycles. The lowest BCUT2D eigenvalue weighted by molar-refractivity contribution is -0.121. The average Bonchev–Trinajstić information content (AvgIpc) is 2.79. The lowest BCUT2D eigenvalue weighted by Crippen LogP contribution is -2.39. The number of carbonyl (C=O) groups excluding carboxylic acids is 2. The third-order valence-corrected chi connectivity index (χ3v) is 6.98. The molecule has 1 saturated heterocycles. The molecule has 1 aromatic carbocycles. The van der Waals surface area contributed by atoms with E-state index in [4.69, 9.17) is 0 Å². The van der Waals surface area contributed by atoms with Crippen molar-refractivity contribution in [3.8, 4) is 0 Å². The molecule has 0 bridgehead atoms. The first-order valence-corrected chi connectivity index (χ1v) is 11.4. The fraction of sp³-hybridized carbons (Fsp3) is 0.381. The van der Waals surface area contributed by atoms with Gasteiger partial charge in [0.05, 0.1) is 10.5 Å². The van der Waals surface area contributed by atoms with Gasteiger partial charge in [-0.2, -0.15) is 4.31 Å². The van der Waals surface area contributed by atoms with Crippen LogP contribution in [0.15, 0.2) is 53.7 Å². The second-order valence-electron chi connectivity index (χ2n) is 7.15. The zero-order valence-electron chi connectivity index (χ0n) is 17.0. The number of benzene rings is 1. The van der Waals surface area contributed by atoms with Crippen LogP contribution in [0, 0.1) is 6.92 Å². The van der Waals surface area contributed by atoms with Crippen LogP contribution in [-0.2, 0) is 14.8 Å². The van der Waals surface area contributed by atoms with Gasteiger partial charge in [0.1, 0.15) is 0 Å². The average molecular weight is 431 g/mol. The quantitative estimate of drug-likeness (QED) is 0.794. The first-order chi connectivity index (χ1) is 14.4. The van der Waals surface area contributed by atoms with E-state index >= 15 is 0 Å². The number of hydrogen-bond acceptors (Lipinski definition) is 5. The first-order valence-electron chi connectivity index (χ1n) is 9.91. The normalized spacial score (nSPS) is 17.1. The summed E-state index contributed by atoms with van der Waals surface area (Å²) in [4.78, 5) is 31.0. The summed E-state index contributed by atoms with van der Waals surface area (Å²) in [6, 6.07) is 9.95. The number of pyridine rings is 1. The highest BCUT2D eigenvalue weighted by atomic mass is 32.2. The van der Waals surface area contributed by atoms with Crippen molar-refractivity contribution in [2.24, 2.45) is 0 Å². The molecule has 1 fully saturated rings. The van der Waals surface area contributed by atoms with E-state index in [0.717, 1.165) is 5.56 Å². The molecule has 3 rings (SSSR count). The Hall–Kier alpha value is -2.78. The van der Waals surface area contributed by atoms with Gasteiger partial charge in [-0.05, 0) is 37.1 Å². The predicted octanol–water partition coefficient (Wildman–Crippen LogP) is 1.43. The summed E-state index contributed by atoms with van der Waals surface area (Å²) in [6.45, 7) is 3.21. The molecule has 0 unspecified atom stereocenters. The summed E-state index contributed by atoms with van der Waals surface area (Å²) < 4.78 is 27.4. The van der Waals surface area contributed by atoms with Gasteiger partial charge in [0.25, 0.3) is 5.91 Å². The third kappa shape index (κ3) is 5.22. The van der Waals surface area contributed by atoms with Crippen molar-refractivity contribution in [3.05, 3.63) is 59.9 Å². The van der Waals surface area contributed by atoms with Crippen LogP contribution in [-0.4, -0.2) is 67.1 Å². The Morgan fingerprint density at radius 1 is 1.07 bits per heavy atom. The molecule has 1 aromatic heterocycles. The lowest BCUT2D eigenvalue weighted by atomic mass is 10.1. The minimum Gasteiger partial charge on any atom is -0.354 e. The Kier molecular flexibility index (Phi) is 7.17. The van der Waals surface area contributed by atoms with E-state index in [2.05, 4.69) is 10.3 Å². The van der Waals surface area contributed by atoms with E-state index in [9.17, 15) is 18.0 Å². The summed E-state index contributed by atoms with van der Waals surface area (Å²) in [7, 11) is -3.72. The maximum Gasteiger partial charge on any atom is 0.255 e. The summed E-state index contributed by atoms with van der Waals surface area (Å²) in [5.74, 6) is -0.415. The van der Waals surface area contributed by atoms with Gasteiger partial charge in [0, 0.05) is 51.5 Å². The van der Waals surface area contributed by atoms with E-state index in [0.29, 0.717) is 31.6 Å². The lowest BCUT2D eigenvalue weighted by Gasteiger charge is -2.25. The van der Waals surface area contributed by atoms with E-state index in [1.165, 1.54) is 10.5 Å². The summed E-state index contributed by atoms with van der Waals surface area (Å²) in [6.07, 6.45) is 3.70. The van der Waals surface area contributed by atoms with Crippen molar-refractivity contribution in [2.45, 2.75) is 24.7 Å². The van der Waals surface area contributed by atoms with E-state index in [1.807, 2.05) is 6.92 Å². The second-order valence-corrected chi connectivity index (χ2v) is 9.09. The van der Waals surface area contributed by atoms with Gasteiger partial charge in [-0.3, -0.25) is 14.6 Å². The van der Waals surface area contributed by atoms with E-state index in [1.54, 1.807) is 47.5 Å². The van der Waals surface area contributed by atoms with Crippen molar-refractivity contribution in [1.29, 1.82) is 0 Å². The smallest absolute Gasteiger partial charge is 0.255 e. The van der Waals surface area contributed by atoms with Crippen LogP contribution < -0.4 is 5.32 Å². The van der Waals surface area contributed by atoms with Crippen molar-refractivity contribution in [1.82, 2.24) is 19.5 Å².